The van der Waals surface area contributed by atoms with Crippen molar-refractivity contribution in [2.24, 2.45) is 0 Å². The van der Waals surface area contributed by atoms with Crippen LogP contribution in [0.1, 0.15) is 22.7 Å². The molecule has 1 N–H and O–H groups in total. The van der Waals surface area contributed by atoms with Crippen molar-refractivity contribution in [2.75, 3.05) is 12.0 Å². The lowest BCUT2D eigenvalue weighted by Gasteiger charge is -2.26. The zero-order chi connectivity index (χ0) is 23.8. The number of rotatable bonds is 4. The fraction of sp³-hybridized carbons (Fsp3) is 0.103. The van der Waals surface area contributed by atoms with Crippen molar-refractivity contribution in [3.63, 3.8) is 0 Å². The Morgan fingerprint density at radius 3 is 2.32 bits per heavy atom. The number of anilines is 1. The van der Waals surface area contributed by atoms with E-state index in [0.29, 0.717) is 22.6 Å². The molecule has 1 atom stereocenters. The Balaban J connectivity index is 1.73. The molecule has 4 aromatic rings. The molecule has 34 heavy (non-hydrogen) atoms. The molecule has 0 aromatic heterocycles. The van der Waals surface area contributed by atoms with E-state index in [1.807, 2.05) is 73.7 Å². The Morgan fingerprint density at radius 2 is 1.59 bits per heavy atom. The maximum atomic E-state index is 13.3. The highest BCUT2D eigenvalue weighted by Crippen LogP contribution is 2.43. The summed E-state index contributed by atoms with van der Waals surface area (Å²) in [5, 5.41) is 13.3. The molecule has 1 amide bonds. The van der Waals surface area contributed by atoms with E-state index in [-0.39, 0.29) is 11.3 Å². The number of ether oxygens (including phenoxy) is 1. The number of carbonyl (C=O) groups is 2. The van der Waals surface area contributed by atoms with Crippen LogP contribution in [0.15, 0.2) is 96.6 Å². The Labute approximate surface area is 197 Å². The first-order valence-corrected chi connectivity index (χ1v) is 11.0. The molecule has 0 bridgehead atoms. The number of aliphatic hydroxyl groups excluding tert-OH is 1. The molecular formula is C29H23NO4. The molecule has 0 saturated carbocycles. The van der Waals surface area contributed by atoms with Crippen molar-refractivity contribution in [3.8, 4) is 5.75 Å². The number of benzene rings is 4. The Bertz CT molecular complexity index is 1450. The second-order valence-corrected chi connectivity index (χ2v) is 8.34. The molecule has 0 aliphatic carbocycles. The van der Waals surface area contributed by atoms with E-state index in [1.165, 1.54) is 4.90 Å². The van der Waals surface area contributed by atoms with Gasteiger partial charge in [-0.1, -0.05) is 66.2 Å². The van der Waals surface area contributed by atoms with Crippen LogP contribution in [0.5, 0.6) is 5.75 Å². The van der Waals surface area contributed by atoms with Gasteiger partial charge in [0.1, 0.15) is 11.5 Å². The fourth-order valence-corrected chi connectivity index (χ4v) is 4.42. The first-order valence-electron chi connectivity index (χ1n) is 11.0. The number of aryl methyl sites for hydroxylation is 1. The van der Waals surface area contributed by atoms with Gasteiger partial charge < -0.3 is 9.84 Å². The predicted molar refractivity (Wildman–Crippen MR) is 133 cm³/mol. The minimum absolute atomic E-state index is 0.0501. The molecule has 5 rings (SSSR count). The molecule has 1 aliphatic rings. The van der Waals surface area contributed by atoms with Crippen LogP contribution in [0.3, 0.4) is 0 Å². The third-order valence-electron chi connectivity index (χ3n) is 6.19. The van der Waals surface area contributed by atoms with Crippen LogP contribution in [0.2, 0.25) is 0 Å². The maximum Gasteiger partial charge on any atom is 0.300 e. The first kappa shape index (κ1) is 21.5. The number of carbonyl (C=O) groups excluding carboxylic acids is 2. The van der Waals surface area contributed by atoms with Crippen LogP contribution in [0.4, 0.5) is 5.69 Å². The predicted octanol–water partition coefficient (Wildman–Crippen LogP) is 5.78. The van der Waals surface area contributed by atoms with Gasteiger partial charge >= 0.3 is 0 Å². The summed E-state index contributed by atoms with van der Waals surface area (Å²) in [7, 11) is 1.56. The minimum atomic E-state index is -0.802. The van der Waals surface area contributed by atoms with E-state index in [4.69, 9.17) is 4.74 Å². The van der Waals surface area contributed by atoms with Gasteiger partial charge in [-0.25, -0.2) is 0 Å². The highest BCUT2D eigenvalue weighted by molar-refractivity contribution is 6.51. The Morgan fingerprint density at radius 1 is 0.853 bits per heavy atom. The molecule has 1 unspecified atom stereocenters. The highest BCUT2D eigenvalue weighted by Gasteiger charge is 2.47. The maximum absolute atomic E-state index is 13.3. The van der Waals surface area contributed by atoms with Gasteiger partial charge in [-0.2, -0.15) is 0 Å². The number of aliphatic hydroxyl groups is 1. The molecule has 4 aromatic carbocycles. The average Bonchev–Trinajstić information content (AvgIpc) is 3.14. The van der Waals surface area contributed by atoms with Crippen molar-refractivity contribution in [2.45, 2.75) is 13.0 Å². The van der Waals surface area contributed by atoms with Crippen LogP contribution in [0.25, 0.3) is 16.5 Å². The normalized spacial score (nSPS) is 17.4. The summed E-state index contributed by atoms with van der Waals surface area (Å²) >= 11 is 0. The molecule has 1 aliphatic heterocycles. The number of hydrogen-bond donors (Lipinski definition) is 1. The van der Waals surface area contributed by atoms with Gasteiger partial charge in [0.05, 0.1) is 18.7 Å². The van der Waals surface area contributed by atoms with Crippen molar-refractivity contribution in [3.05, 3.63) is 113 Å². The summed E-state index contributed by atoms with van der Waals surface area (Å²) in [5.74, 6) is -1.01. The Hall–Kier alpha value is -4.38. The molecule has 168 valence electrons. The lowest BCUT2D eigenvalue weighted by molar-refractivity contribution is -0.132. The van der Waals surface area contributed by atoms with Gasteiger partial charge in [-0.15, -0.1) is 0 Å². The van der Waals surface area contributed by atoms with Gasteiger partial charge in [0, 0.05) is 11.3 Å². The lowest BCUT2D eigenvalue weighted by Crippen LogP contribution is -2.29. The third kappa shape index (κ3) is 3.61. The summed E-state index contributed by atoms with van der Waals surface area (Å²) < 4.78 is 5.39. The molecular weight excluding hydrogens is 426 g/mol. The summed E-state index contributed by atoms with van der Waals surface area (Å²) in [6, 6.07) is 27.1. The molecule has 1 saturated heterocycles. The molecule has 5 heteroatoms. The zero-order valence-corrected chi connectivity index (χ0v) is 18.9. The van der Waals surface area contributed by atoms with Crippen molar-refractivity contribution < 1.29 is 19.4 Å². The van der Waals surface area contributed by atoms with Gasteiger partial charge in [-0.3, -0.25) is 14.5 Å². The van der Waals surface area contributed by atoms with Crippen LogP contribution < -0.4 is 9.64 Å². The quantitative estimate of drug-likeness (QED) is 0.244. The number of methoxy groups -OCH3 is 1. The number of ketones is 1. The number of Topliss-reactive ketones (excluding diaryl/α,β-unsaturated/α-hetero) is 1. The SMILES string of the molecule is COc1cccc(C2/C(=C(/O)c3ccc4ccccc4c3)C(=O)C(=O)N2c2ccc(C)cc2)c1. The first-order chi connectivity index (χ1) is 16.5. The number of nitrogens with zero attached hydrogens (tertiary/aromatic N) is 1. The monoisotopic (exact) mass is 449 g/mol. The van der Waals surface area contributed by atoms with Crippen LogP contribution >= 0.6 is 0 Å². The van der Waals surface area contributed by atoms with Gasteiger partial charge in [0.2, 0.25) is 0 Å². The summed E-state index contributed by atoms with van der Waals surface area (Å²) in [5.41, 5.74) is 2.82. The average molecular weight is 450 g/mol. The van der Waals surface area contributed by atoms with E-state index in [2.05, 4.69) is 0 Å². The van der Waals surface area contributed by atoms with Crippen molar-refractivity contribution in [1.82, 2.24) is 0 Å². The third-order valence-corrected chi connectivity index (χ3v) is 6.19. The summed E-state index contributed by atoms with van der Waals surface area (Å²) in [4.78, 5) is 28.1. The Kier molecular flexibility index (Phi) is 5.38. The number of hydrogen-bond acceptors (Lipinski definition) is 4. The second-order valence-electron chi connectivity index (χ2n) is 8.34. The molecule has 1 fully saturated rings. The van der Waals surface area contributed by atoms with Crippen molar-refractivity contribution >= 4 is 33.9 Å². The van der Waals surface area contributed by atoms with Crippen molar-refractivity contribution in [1.29, 1.82) is 0 Å². The van der Waals surface area contributed by atoms with E-state index in [0.717, 1.165) is 16.3 Å². The topological polar surface area (TPSA) is 66.8 Å². The molecule has 5 nitrogen and oxygen atoms in total. The van der Waals surface area contributed by atoms with E-state index in [9.17, 15) is 14.7 Å². The molecule has 1 heterocycles. The minimum Gasteiger partial charge on any atom is -0.507 e. The van der Waals surface area contributed by atoms with Crippen LogP contribution in [-0.2, 0) is 9.59 Å². The van der Waals surface area contributed by atoms with E-state index in [1.54, 1.807) is 31.4 Å². The largest absolute Gasteiger partial charge is 0.507 e. The highest BCUT2D eigenvalue weighted by atomic mass is 16.5. The summed E-state index contributed by atoms with van der Waals surface area (Å²) in [6.45, 7) is 1.96. The molecule has 0 radical (unpaired) electrons. The van der Waals surface area contributed by atoms with Gasteiger partial charge in [0.15, 0.2) is 0 Å². The van der Waals surface area contributed by atoms with Crippen LogP contribution in [-0.4, -0.2) is 23.9 Å². The fourth-order valence-electron chi connectivity index (χ4n) is 4.42. The van der Waals surface area contributed by atoms with E-state index < -0.39 is 17.7 Å². The molecule has 0 spiro atoms. The number of amides is 1. The second kappa shape index (κ2) is 8.52. The zero-order valence-electron chi connectivity index (χ0n) is 18.9. The standard InChI is InChI=1S/C29H23NO4/c1-18-10-14-23(15-11-18)30-26(21-8-5-9-24(17-21)34-2)25(28(32)29(30)33)27(31)22-13-12-19-6-3-4-7-20(19)16-22/h3-17,26,31H,1-2H3/b27-25-. The van der Waals surface area contributed by atoms with Gasteiger partial charge in [0.25, 0.3) is 11.7 Å². The smallest absolute Gasteiger partial charge is 0.300 e. The van der Waals surface area contributed by atoms with Gasteiger partial charge in [-0.05, 0) is 53.6 Å². The lowest BCUT2D eigenvalue weighted by atomic mass is 9.94. The van der Waals surface area contributed by atoms with E-state index >= 15 is 0 Å². The van der Waals surface area contributed by atoms with Crippen LogP contribution in [0, 0.1) is 6.92 Å². The summed E-state index contributed by atoms with van der Waals surface area (Å²) in [6.07, 6.45) is 0. The number of fused-ring (bicyclic) bond motifs is 1.